The lowest BCUT2D eigenvalue weighted by molar-refractivity contribution is -0.182. The van der Waals surface area contributed by atoms with Crippen molar-refractivity contribution in [3.8, 4) is 0 Å². The van der Waals surface area contributed by atoms with E-state index < -0.39 is 33.1 Å². The van der Waals surface area contributed by atoms with Gasteiger partial charge in [0.1, 0.15) is 0 Å². The first kappa shape index (κ1) is 20.3. The smallest absolute Gasteiger partial charge is 0.340 e. The molecule has 1 aliphatic rings. The molecule has 2 rings (SSSR count). The van der Waals surface area contributed by atoms with Gasteiger partial charge in [0.05, 0.1) is 18.6 Å². The molecular weight excluding hydrogens is 362 g/mol. The molecule has 0 radical (unpaired) electrons. The predicted octanol–water partition coefficient (Wildman–Crippen LogP) is 0.615. The molecule has 2 atom stereocenters. The van der Waals surface area contributed by atoms with Gasteiger partial charge in [0, 0.05) is 13.0 Å². The molecule has 0 aliphatic carbocycles. The van der Waals surface area contributed by atoms with Gasteiger partial charge in [-0.1, -0.05) is 17.7 Å². The van der Waals surface area contributed by atoms with Crippen LogP contribution in [-0.4, -0.2) is 61.2 Å². The second-order valence-electron chi connectivity index (χ2n) is 6.28. The molecule has 1 heterocycles. The van der Waals surface area contributed by atoms with Gasteiger partial charge in [0.2, 0.25) is 10.0 Å². The van der Waals surface area contributed by atoms with E-state index in [-0.39, 0.29) is 24.5 Å². The van der Waals surface area contributed by atoms with Crippen LogP contribution in [0.25, 0.3) is 0 Å². The summed E-state index contributed by atoms with van der Waals surface area (Å²) in [6.07, 6.45) is -0.292. The van der Waals surface area contributed by atoms with Crippen molar-refractivity contribution in [3.63, 3.8) is 0 Å². The lowest BCUT2D eigenvalue weighted by Crippen LogP contribution is -2.66. The summed E-state index contributed by atoms with van der Waals surface area (Å²) in [5, 5.41) is 10.9. The molecule has 9 heteroatoms. The second-order valence-corrected chi connectivity index (χ2v) is 8.15. The first-order chi connectivity index (χ1) is 12.1. The molecule has 1 aromatic rings. The summed E-state index contributed by atoms with van der Waals surface area (Å²) < 4.78 is 36.7. The van der Waals surface area contributed by atoms with Gasteiger partial charge in [-0.15, -0.1) is 0 Å². The Balaban J connectivity index is 2.61. The summed E-state index contributed by atoms with van der Waals surface area (Å²) in [5.74, 6) is -2.10. The largest absolute Gasteiger partial charge is 0.467 e. The Morgan fingerprint density at radius 1 is 1.23 bits per heavy atom. The van der Waals surface area contributed by atoms with E-state index in [1.807, 2.05) is 6.92 Å². The van der Waals surface area contributed by atoms with E-state index in [4.69, 9.17) is 4.74 Å². The number of benzene rings is 1. The molecule has 144 valence electrons. The number of sulfonamides is 1. The van der Waals surface area contributed by atoms with Crippen LogP contribution in [0.4, 0.5) is 0 Å². The highest BCUT2D eigenvalue weighted by molar-refractivity contribution is 7.89. The zero-order valence-corrected chi connectivity index (χ0v) is 16.0. The third-order valence-electron chi connectivity index (χ3n) is 4.79. The topological polar surface area (TPSA) is 110 Å². The number of hydrogen-bond donors (Lipinski definition) is 1. The maximum Gasteiger partial charge on any atom is 0.340 e. The Kier molecular flexibility index (Phi) is 5.46. The summed E-state index contributed by atoms with van der Waals surface area (Å²) in [5.41, 5.74) is -3.64. The van der Waals surface area contributed by atoms with Crippen molar-refractivity contribution >= 4 is 22.0 Å². The third kappa shape index (κ3) is 2.89. The number of aliphatic hydroxyl groups is 1. The molecule has 26 heavy (non-hydrogen) atoms. The Morgan fingerprint density at radius 3 is 2.31 bits per heavy atom. The highest BCUT2D eigenvalue weighted by Crippen LogP contribution is 2.43. The summed E-state index contributed by atoms with van der Waals surface area (Å²) >= 11 is 0. The number of hydrogen-bond acceptors (Lipinski definition) is 7. The Bertz CT molecular complexity index is 805. The van der Waals surface area contributed by atoms with Crippen LogP contribution in [0.3, 0.4) is 0 Å². The Hall–Kier alpha value is -1.97. The quantitative estimate of drug-likeness (QED) is 0.740. The van der Waals surface area contributed by atoms with Crippen molar-refractivity contribution in [2.24, 2.45) is 0 Å². The van der Waals surface area contributed by atoms with E-state index in [1.165, 1.54) is 19.1 Å². The minimum Gasteiger partial charge on any atom is -0.467 e. The van der Waals surface area contributed by atoms with Gasteiger partial charge in [0.15, 0.2) is 11.1 Å². The van der Waals surface area contributed by atoms with Gasteiger partial charge in [0.25, 0.3) is 0 Å². The van der Waals surface area contributed by atoms with E-state index in [9.17, 15) is 23.1 Å². The van der Waals surface area contributed by atoms with Gasteiger partial charge < -0.3 is 14.6 Å². The number of esters is 2. The van der Waals surface area contributed by atoms with E-state index in [0.717, 1.165) is 17.0 Å². The third-order valence-corrected chi connectivity index (χ3v) is 6.78. The van der Waals surface area contributed by atoms with Crippen molar-refractivity contribution in [1.29, 1.82) is 0 Å². The van der Waals surface area contributed by atoms with Crippen LogP contribution in [0.2, 0.25) is 0 Å². The Morgan fingerprint density at radius 2 is 1.81 bits per heavy atom. The molecular formula is C17H23NO7S. The highest BCUT2D eigenvalue weighted by atomic mass is 32.2. The summed E-state index contributed by atoms with van der Waals surface area (Å²) in [4.78, 5) is 24.8. The van der Waals surface area contributed by atoms with Crippen molar-refractivity contribution in [2.45, 2.75) is 43.2 Å². The summed E-state index contributed by atoms with van der Waals surface area (Å²) in [6, 6.07) is 6.06. The second kappa shape index (κ2) is 6.98. The fourth-order valence-corrected chi connectivity index (χ4v) is 4.92. The number of carbonyl (C=O) groups excluding carboxylic acids is 2. The maximum absolute atomic E-state index is 13.1. The van der Waals surface area contributed by atoms with E-state index >= 15 is 0 Å². The molecule has 1 fully saturated rings. The van der Waals surface area contributed by atoms with E-state index in [1.54, 1.807) is 19.1 Å². The highest BCUT2D eigenvalue weighted by Gasteiger charge is 2.69. The molecule has 0 saturated carbocycles. The van der Waals surface area contributed by atoms with Crippen LogP contribution in [-0.2, 0) is 29.1 Å². The normalized spacial score (nSPS) is 26.5. The molecule has 1 N–H and O–H groups in total. The standard InChI is InChI=1S/C17H23NO7S/c1-5-25-14(19)16(3)17(21,15(20)24-4)10-11-18(16)26(22,23)13-8-6-12(2)7-9-13/h6-9,21H,5,10-11H2,1-4H3/t16-,17-/m0/s1. The number of aryl methyl sites for hydroxylation is 1. The van der Waals surface area contributed by atoms with Crippen molar-refractivity contribution in [2.75, 3.05) is 20.3 Å². The van der Waals surface area contributed by atoms with Gasteiger partial charge >= 0.3 is 11.9 Å². The molecule has 0 unspecified atom stereocenters. The lowest BCUT2D eigenvalue weighted by atomic mass is 9.82. The molecule has 0 bridgehead atoms. The fraction of sp³-hybridized carbons (Fsp3) is 0.529. The average Bonchev–Trinajstić information content (AvgIpc) is 2.89. The molecule has 1 aromatic carbocycles. The Labute approximate surface area is 152 Å². The zero-order chi connectivity index (χ0) is 19.8. The van der Waals surface area contributed by atoms with Gasteiger partial charge in [-0.05, 0) is 32.9 Å². The minimum absolute atomic E-state index is 0.0376. The van der Waals surface area contributed by atoms with Crippen LogP contribution < -0.4 is 0 Å². The SMILES string of the molecule is CCOC(=O)[C@]1(C)N(S(=O)(=O)c2ccc(C)cc2)CC[C@]1(O)C(=O)OC. The van der Waals surface area contributed by atoms with Gasteiger partial charge in [-0.2, -0.15) is 4.31 Å². The predicted molar refractivity (Wildman–Crippen MR) is 91.7 cm³/mol. The number of rotatable bonds is 5. The lowest BCUT2D eigenvalue weighted by Gasteiger charge is -2.39. The monoisotopic (exact) mass is 385 g/mol. The number of nitrogens with zero attached hydrogens (tertiary/aromatic N) is 1. The number of ether oxygens (including phenoxy) is 2. The molecule has 1 saturated heterocycles. The van der Waals surface area contributed by atoms with E-state index in [0.29, 0.717) is 0 Å². The van der Waals surface area contributed by atoms with Crippen LogP contribution in [0.5, 0.6) is 0 Å². The van der Waals surface area contributed by atoms with Crippen LogP contribution in [0.1, 0.15) is 25.8 Å². The van der Waals surface area contributed by atoms with Crippen molar-refractivity contribution < 1.29 is 32.6 Å². The van der Waals surface area contributed by atoms with E-state index in [2.05, 4.69) is 4.74 Å². The van der Waals surface area contributed by atoms with Gasteiger partial charge in [-0.3, -0.25) is 0 Å². The minimum atomic E-state index is -4.17. The molecule has 0 spiro atoms. The first-order valence-corrected chi connectivity index (χ1v) is 9.57. The van der Waals surface area contributed by atoms with Crippen LogP contribution in [0, 0.1) is 6.92 Å². The van der Waals surface area contributed by atoms with Crippen LogP contribution in [0.15, 0.2) is 29.2 Å². The molecule has 0 aromatic heterocycles. The molecule has 8 nitrogen and oxygen atoms in total. The van der Waals surface area contributed by atoms with Gasteiger partial charge in [-0.25, -0.2) is 18.0 Å². The molecule has 1 aliphatic heterocycles. The van der Waals surface area contributed by atoms with Crippen LogP contribution >= 0.6 is 0 Å². The fourth-order valence-electron chi connectivity index (χ4n) is 3.15. The average molecular weight is 385 g/mol. The number of methoxy groups -OCH3 is 1. The van der Waals surface area contributed by atoms with Crippen molar-refractivity contribution in [1.82, 2.24) is 4.31 Å². The van der Waals surface area contributed by atoms with Crippen molar-refractivity contribution in [3.05, 3.63) is 29.8 Å². The zero-order valence-electron chi connectivity index (χ0n) is 15.2. The maximum atomic E-state index is 13.1. The first-order valence-electron chi connectivity index (χ1n) is 8.13. The molecule has 0 amide bonds. The number of carbonyl (C=O) groups is 2. The summed E-state index contributed by atoms with van der Waals surface area (Å²) in [7, 11) is -3.12. The summed E-state index contributed by atoms with van der Waals surface area (Å²) in [6.45, 7) is 4.26.